The van der Waals surface area contributed by atoms with Gasteiger partial charge in [0.15, 0.2) is 0 Å². The van der Waals surface area contributed by atoms with Crippen molar-refractivity contribution in [3.8, 4) is 5.75 Å². The zero-order chi connectivity index (χ0) is 9.68. The summed E-state index contributed by atoms with van der Waals surface area (Å²) in [6.07, 6.45) is 3.49. The molecule has 0 saturated carbocycles. The maximum Gasteiger partial charge on any atom is 0.121 e. The highest BCUT2D eigenvalue weighted by atomic mass is 16.5. The average molecular weight is 179 g/mol. The van der Waals surface area contributed by atoms with Crippen molar-refractivity contribution in [2.75, 3.05) is 12.8 Å². The zero-order valence-corrected chi connectivity index (χ0v) is 8.34. The van der Waals surface area contributed by atoms with Gasteiger partial charge in [-0.15, -0.1) is 0 Å². The lowest BCUT2D eigenvalue weighted by Gasteiger charge is -2.05. The van der Waals surface area contributed by atoms with E-state index in [1.165, 1.54) is 18.4 Å². The van der Waals surface area contributed by atoms with Crippen LogP contribution in [0.1, 0.15) is 25.3 Å². The van der Waals surface area contributed by atoms with Crippen LogP contribution in [0.3, 0.4) is 0 Å². The van der Waals surface area contributed by atoms with Gasteiger partial charge in [0.2, 0.25) is 0 Å². The molecule has 0 unspecified atom stereocenters. The van der Waals surface area contributed by atoms with E-state index in [9.17, 15) is 0 Å². The third-order valence-corrected chi connectivity index (χ3v) is 2.04. The van der Waals surface area contributed by atoms with Crippen LogP contribution in [0.2, 0.25) is 0 Å². The van der Waals surface area contributed by atoms with Gasteiger partial charge in [0.05, 0.1) is 7.11 Å². The van der Waals surface area contributed by atoms with Gasteiger partial charge in [-0.05, 0) is 30.5 Å². The lowest BCUT2D eigenvalue weighted by Crippen LogP contribution is -1.92. The second-order valence-electron chi connectivity index (χ2n) is 3.22. The Morgan fingerprint density at radius 1 is 1.31 bits per heavy atom. The molecular weight excluding hydrogens is 162 g/mol. The molecule has 0 aromatic heterocycles. The lowest BCUT2D eigenvalue weighted by molar-refractivity contribution is 0.414. The van der Waals surface area contributed by atoms with Crippen molar-refractivity contribution in [2.45, 2.75) is 26.2 Å². The molecule has 0 aliphatic heterocycles. The molecule has 2 N–H and O–H groups in total. The molecule has 2 heteroatoms. The maximum absolute atomic E-state index is 5.73. The number of hydrogen-bond acceptors (Lipinski definition) is 2. The van der Waals surface area contributed by atoms with Gasteiger partial charge in [-0.1, -0.05) is 13.3 Å². The highest BCUT2D eigenvalue weighted by Gasteiger charge is 1.98. The smallest absolute Gasteiger partial charge is 0.121 e. The Balaban J connectivity index is 2.76. The molecule has 0 saturated heterocycles. The van der Waals surface area contributed by atoms with Gasteiger partial charge in [-0.25, -0.2) is 0 Å². The highest BCUT2D eigenvalue weighted by Crippen LogP contribution is 2.19. The predicted molar refractivity (Wildman–Crippen MR) is 56.0 cm³/mol. The predicted octanol–water partition coefficient (Wildman–Crippen LogP) is 2.62. The molecule has 0 fully saturated rings. The minimum atomic E-state index is 0.783. The third-order valence-electron chi connectivity index (χ3n) is 2.04. The number of nitrogens with two attached hydrogens (primary N) is 1. The van der Waals surface area contributed by atoms with Gasteiger partial charge >= 0.3 is 0 Å². The van der Waals surface area contributed by atoms with E-state index in [-0.39, 0.29) is 0 Å². The molecule has 1 aromatic rings. The molecule has 0 amide bonds. The van der Waals surface area contributed by atoms with Gasteiger partial charge in [0.1, 0.15) is 5.75 Å². The van der Waals surface area contributed by atoms with E-state index in [2.05, 4.69) is 6.92 Å². The summed E-state index contributed by atoms with van der Waals surface area (Å²) in [5.74, 6) is 0.853. The fraction of sp³-hybridized carbons (Fsp3) is 0.455. The van der Waals surface area contributed by atoms with Gasteiger partial charge in [0, 0.05) is 11.8 Å². The fourth-order valence-electron chi connectivity index (χ4n) is 1.33. The Labute approximate surface area is 79.7 Å². The number of methoxy groups -OCH3 is 1. The molecule has 72 valence electrons. The molecule has 0 aliphatic rings. The molecule has 0 bridgehead atoms. The Morgan fingerprint density at radius 3 is 2.69 bits per heavy atom. The van der Waals surface area contributed by atoms with Crippen molar-refractivity contribution >= 4 is 5.69 Å². The zero-order valence-electron chi connectivity index (χ0n) is 8.34. The molecular formula is C11H17NO. The summed E-state index contributed by atoms with van der Waals surface area (Å²) in [6.45, 7) is 2.18. The van der Waals surface area contributed by atoms with E-state index >= 15 is 0 Å². The Hall–Kier alpha value is -1.18. The number of hydrogen-bond donors (Lipinski definition) is 1. The van der Waals surface area contributed by atoms with Crippen LogP contribution in [0, 0.1) is 0 Å². The molecule has 0 aliphatic carbocycles. The topological polar surface area (TPSA) is 35.2 Å². The van der Waals surface area contributed by atoms with Crippen molar-refractivity contribution in [2.24, 2.45) is 0 Å². The van der Waals surface area contributed by atoms with Crippen molar-refractivity contribution in [3.63, 3.8) is 0 Å². The number of aryl methyl sites for hydroxylation is 1. The molecule has 0 heterocycles. The lowest BCUT2D eigenvalue weighted by atomic mass is 10.1. The van der Waals surface area contributed by atoms with E-state index in [0.717, 1.165) is 17.9 Å². The molecule has 2 nitrogen and oxygen atoms in total. The monoisotopic (exact) mass is 179 g/mol. The molecule has 1 rings (SSSR count). The van der Waals surface area contributed by atoms with Crippen molar-refractivity contribution < 1.29 is 4.74 Å². The third kappa shape index (κ3) is 2.98. The van der Waals surface area contributed by atoms with Crippen LogP contribution >= 0.6 is 0 Å². The molecule has 0 radical (unpaired) electrons. The van der Waals surface area contributed by atoms with Crippen LogP contribution in [0.5, 0.6) is 5.75 Å². The van der Waals surface area contributed by atoms with Crippen molar-refractivity contribution in [1.29, 1.82) is 0 Å². The van der Waals surface area contributed by atoms with Crippen LogP contribution in [0.15, 0.2) is 18.2 Å². The first kappa shape index (κ1) is 9.90. The van der Waals surface area contributed by atoms with Crippen LogP contribution in [-0.4, -0.2) is 7.11 Å². The van der Waals surface area contributed by atoms with Gasteiger partial charge < -0.3 is 10.5 Å². The van der Waals surface area contributed by atoms with Crippen LogP contribution < -0.4 is 10.5 Å². The average Bonchev–Trinajstić information content (AvgIpc) is 2.14. The number of ether oxygens (including phenoxy) is 1. The Bertz CT molecular complexity index is 271. The van der Waals surface area contributed by atoms with Crippen molar-refractivity contribution in [1.82, 2.24) is 0 Å². The largest absolute Gasteiger partial charge is 0.497 e. The fourth-order valence-corrected chi connectivity index (χ4v) is 1.33. The van der Waals surface area contributed by atoms with Crippen LogP contribution in [0.4, 0.5) is 5.69 Å². The molecule has 0 atom stereocenters. The van der Waals surface area contributed by atoms with E-state index < -0.39 is 0 Å². The van der Waals surface area contributed by atoms with Gasteiger partial charge in [-0.2, -0.15) is 0 Å². The molecule has 0 spiro atoms. The summed E-state index contributed by atoms with van der Waals surface area (Å²) in [7, 11) is 1.67. The first-order chi connectivity index (χ1) is 6.26. The summed E-state index contributed by atoms with van der Waals surface area (Å²) < 4.78 is 5.14. The van der Waals surface area contributed by atoms with E-state index in [0.29, 0.717) is 0 Å². The Morgan fingerprint density at radius 2 is 2.08 bits per heavy atom. The molecule has 1 aromatic carbocycles. The first-order valence-electron chi connectivity index (χ1n) is 4.69. The summed E-state index contributed by atoms with van der Waals surface area (Å²) in [5.41, 5.74) is 7.77. The number of nitrogen functional groups attached to an aromatic ring is 1. The minimum absolute atomic E-state index is 0.783. The summed E-state index contributed by atoms with van der Waals surface area (Å²) in [4.78, 5) is 0. The summed E-state index contributed by atoms with van der Waals surface area (Å²) in [6, 6.07) is 5.90. The van der Waals surface area contributed by atoms with Crippen molar-refractivity contribution in [3.05, 3.63) is 23.8 Å². The number of benzene rings is 1. The second kappa shape index (κ2) is 4.75. The summed E-state index contributed by atoms with van der Waals surface area (Å²) in [5, 5.41) is 0. The number of anilines is 1. The van der Waals surface area contributed by atoms with E-state index in [4.69, 9.17) is 10.5 Å². The normalized spacial score (nSPS) is 10.0. The SMILES string of the molecule is CCCCc1cc(N)cc(OC)c1. The molecule has 13 heavy (non-hydrogen) atoms. The maximum atomic E-state index is 5.73. The van der Waals surface area contributed by atoms with Gasteiger partial charge in [0.25, 0.3) is 0 Å². The Kier molecular flexibility index (Phi) is 3.62. The number of rotatable bonds is 4. The van der Waals surface area contributed by atoms with Gasteiger partial charge in [-0.3, -0.25) is 0 Å². The quantitative estimate of drug-likeness (QED) is 0.721. The second-order valence-corrected chi connectivity index (χ2v) is 3.22. The highest BCUT2D eigenvalue weighted by molar-refractivity contribution is 5.47. The standard InChI is InChI=1S/C11H17NO/c1-3-4-5-9-6-10(12)8-11(7-9)13-2/h6-8H,3-5,12H2,1-2H3. The van der Waals surface area contributed by atoms with Crippen LogP contribution in [-0.2, 0) is 6.42 Å². The minimum Gasteiger partial charge on any atom is -0.497 e. The van der Waals surface area contributed by atoms with E-state index in [1.54, 1.807) is 7.11 Å². The van der Waals surface area contributed by atoms with E-state index in [1.807, 2.05) is 18.2 Å². The van der Waals surface area contributed by atoms with Crippen LogP contribution in [0.25, 0.3) is 0 Å². The first-order valence-corrected chi connectivity index (χ1v) is 4.69. The number of unbranched alkanes of at least 4 members (excludes halogenated alkanes) is 1. The summed E-state index contributed by atoms with van der Waals surface area (Å²) >= 11 is 0.